The summed E-state index contributed by atoms with van der Waals surface area (Å²) in [6, 6.07) is 0. The van der Waals surface area contributed by atoms with Gasteiger partial charge in [-0.15, -0.1) is 0 Å². The number of hydrogen-bond donors (Lipinski definition) is 1. The van der Waals surface area contributed by atoms with Crippen LogP contribution in [-0.4, -0.2) is 24.1 Å². The van der Waals surface area contributed by atoms with E-state index in [0.29, 0.717) is 10.5 Å². The lowest BCUT2D eigenvalue weighted by atomic mass is 10.5. The van der Waals surface area contributed by atoms with Gasteiger partial charge in [0.2, 0.25) is 10.0 Å². The molecule has 0 aromatic rings. The smallest absolute Gasteiger partial charge is 0.213 e. The highest BCUT2D eigenvalue weighted by Gasteiger charge is 2.14. The summed E-state index contributed by atoms with van der Waals surface area (Å²) in [6.07, 6.45) is 0. The SMILES string of the molecule is CC(I)CNS(=O)(=O)C(C)C. The Morgan fingerprint density at radius 2 is 1.82 bits per heavy atom. The first-order valence-corrected chi connectivity index (χ1v) is 6.28. The normalized spacial score (nSPS) is 15.4. The van der Waals surface area contributed by atoms with E-state index in [4.69, 9.17) is 0 Å². The summed E-state index contributed by atoms with van der Waals surface area (Å²) in [5.41, 5.74) is 0. The van der Waals surface area contributed by atoms with E-state index in [0.717, 1.165) is 0 Å². The Morgan fingerprint density at radius 1 is 1.36 bits per heavy atom. The lowest BCUT2D eigenvalue weighted by molar-refractivity contribution is 0.573. The van der Waals surface area contributed by atoms with Crippen LogP contribution in [0.4, 0.5) is 0 Å². The number of rotatable bonds is 4. The third kappa shape index (κ3) is 4.97. The number of sulfonamides is 1. The quantitative estimate of drug-likeness (QED) is 0.623. The van der Waals surface area contributed by atoms with Crippen LogP contribution in [-0.2, 0) is 10.0 Å². The Hall–Kier alpha value is 0.640. The largest absolute Gasteiger partial charge is 0.214 e. The molecule has 0 saturated heterocycles. The van der Waals surface area contributed by atoms with Crippen molar-refractivity contribution in [1.29, 1.82) is 0 Å². The summed E-state index contributed by atoms with van der Waals surface area (Å²) < 4.78 is 25.1. The van der Waals surface area contributed by atoms with Crippen LogP contribution in [0.5, 0.6) is 0 Å². The first kappa shape index (κ1) is 11.6. The average Bonchev–Trinajstić information content (AvgIpc) is 1.84. The third-order valence-corrected chi connectivity index (χ3v) is 3.44. The minimum absolute atomic E-state index is 0.334. The number of halogens is 1. The minimum atomic E-state index is -3.05. The van der Waals surface area contributed by atoms with Crippen molar-refractivity contribution in [2.24, 2.45) is 0 Å². The fourth-order valence-electron chi connectivity index (χ4n) is 0.398. The van der Waals surface area contributed by atoms with E-state index >= 15 is 0 Å². The van der Waals surface area contributed by atoms with Crippen molar-refractivity contribution in [2.45, 2.75) is 29.9 Å². The molecule has 5 heteroatoms. The third-order valence-electron chi connectivity index (χ3n) is 1.19. The molecule has 0 aliphatic rings. The molecule has 3 nitrogen and oxygen atoms in total. The van der Waals surface area contributed by atoms with E-state index in [-0.39, 0.29) is 5.25 Å². The molecule has 0 aromatic heterocycles. The summed E-state index contributed by atoms with van der Waals surface area (Å²) in [5.74, 6) is 0. The highest BCUT2D eigenvalue weighted by atomic mass is 127. The first-order chi connectivity index (χ1) is 4.86. The Labute approximate surface area is 82.1 Å². The van der Waals surface area contributed by atoms with Crippen molar-refractivity contribution >= 4 is 32.6 Å². The second kappa shape index (κ2) is 4.61. The van der Waals surface area contributed by atoms with Gasteiger partial charge in [-0.3, -0.25) is 0 Å². The number of alkyl halides is 1. The maximum atomic E-state index is 11.1. The molecule has 0 aliphatic heterocycles. The summed E-state index contributed by atoms with van der Waals surface area (Å²) in [4.78, 5) is 0. The fourth-order valence-corrected chi connectivity index (χ4v) is 1.73. The molecule has 0 amide bonds. The van der Waals surface area contributed by atoms with Gasteiger partial charge in [0, 0.05) is 10.5 Å². The number of hydrogen-bond acceptors (Lipinski definition) is 2. The van der Waals surface area contributed by atoms with Crippen LogP contribution in [0.2, 0.25) is 0 Å². The van der Waals surface area contributed by atoms with Gasteiger partial charge in [-0.1, -0.05) is 29.5 Å². The van der Waals surface area contributed by atoms with Gasteiger partial charge in [0.15, 0.2) is 0 Å². The molecule has 11 heavy (non-hydrogen) atoms. The zero-order chi connectivity index (χ0) is 9.07. The van der Waals surface area contributed by atoms with Gasteiger partial charge in [0.25, 0.3) is 0 Å². The first-order valence-electron chi connectivity index (χ1n) is 3.49. The zero-order valence-electron chi connectivity index (χ0n) is 6.96. The molecular formula is C6H14INO2S. The highest BCUT2D eigenvalue weighted by Crippen LogP contribution is 1.99. The topological polar surface area (TPSA) is 46.2 Å². The summed E-state index contributed by atoms with van der Waals surface area (Å²) in [6.45, 7) is 5.81. The van der Waals surface area contributed by atoms with E-state index in [1.54, 1.807) is 13.8 Å². The Balaban J connectivity index is 3.95. The van der Waals surface area contributed by atoms with Crippen LogP contribution in [0.1, 0.15) is 20.8 Å². The number of nitrogens with one attached hydrogen (secondary N) is 1. The molecule has 1 unspecified atom stereocenters. The summed E-state index contributed by atoms with van der Waals surface area (Å²) in [7, 11) is -3.05. The van der Waals surface area contributed by atoms with Gasteiger partial charge in [-0.2, -0.15) is 0 Å². The molecule has 0 bridgehead atoms. The molecule has 0 heterocycles. The van der Waals surface area contributed by atoms with Gasteiger partial charge in [0.1, 0.15) is 0 Å². The second-order valence-electron chi connectivity index (χ2n) is 2.72. The molecule has 0 spiro atoms. The molecule has 0 aromatic carbocycles. The monoisotopic (exact) mass is 291 g/mol. The van der Waals surface area contributed by atoms with Crippen LogP contribution in [0.3, 0.4) is 0 Å². The minimum Gasteiger partial charge on any atom is -0.214 e. The standard InChI is InChI=1S/C6H14INO2S/c1-5(2)11(9,10)8-4-6(3)7/h5-6,8H,4H2,1-3H3. The van der Waals surface area contributed by atoms with E-state index in [9.17, 15) is 8.42 Å². The van der Waals surface area contributed by atoms with E-state index in [2.05, 4.69) is 27.3 Å². The molecule has 1 atom stereocenters. The predicted molar refractivity (Wildman–Crippen MR) is 55.5 cm³/mol. The molecule has 68 valence electrons. The molecule has 0 radical (unpaired) electrons. The maximum Gasteiger partial charge on any atom is 0.213 e. The molecule has 0 fully saturated rings. The predicted octanol–water partition coefficient (Wildman–Crippen LogP) is 1.14. The van der Waals surface area contributed by atoms with Crippen LogP contribution in [0.25, 0.3) is 0 Å². The Bertz CT molecular complexity index is 199. The van der Waals surface area contributed by atoms with Crippen molar-refractivity contribution in [3.05, 3.63) is 0 Å². The van der Waals surface area contributed by atoms with Crippen LogP contribution < -0.4 is 4.72 Å². The molecule has 0 saturated carbocycles. The van der Waals surface area contributed by atoms with Crippen LogP contribution >= 0.6 is 22.6 Å². The second-order valence-corrected chi connectivity index (χ2v) is 7.17. The van der Waals surface area contributed by atoms with Gasteiger partial charge in [-0.05, 0) is 13.8 Å². The molecule has 1 N–H and O–H groups in total. The van der Waals surface area contributed by atoms with E-state index < -0.39 is 10.0 Å². The Morgan fingerprint density at radius 3 is 2.09 bits per heavy atom. The molecular weight excluding hydrogens is 277 g/mol. The maximum absolute atomic E-state index is 11.1. The van der Waals surface area contributed by atoms with Crippen molar-refractivity contribution in [3.8, 4) is 0 Å². The van der Waals surface area contributed by atoms with Gasteiger partial charge in [-0.25, -0.2) is 13.1 Å². The van der Waals surface area contributed by atoms with Crippen LogP contribution in [0.15, 0.2) is 0 Å². The average molecular weight is 291 g/mol. The van der Waals surface area contributed by atoms with E-state index in [1.165, 1.54) is 0 Å². The van der Waals surface area contributed by atoms with Gasteiger partial charge < -0.3 is 0 Å². The highest BCUT2D eigenvalue weighted by molar-refractivity contribution is 14.1. The summed E-state index contributed by atoms with van der Waals surface area (Å²) in [5, 5.41) is -0.336. The van der Waals surface area contributed by atoms with E-state index in [1.807, 2.05) is 6.92 Å². The lowest BCUT2D eigenvalue weighted by Gasteiger charge is -2.09. The van der Waals surface area contributed by atoms with Crippen molar-refractivity contribution in [1.82, 2.24) is 4.72 Å². The van der Waals surface area contributed by atoms with Crippen molar-refractivity contribution in [2.75, 3.05) is 6.54 Å². The van der Waals surface area contributed by atoms with Crippen molar-refractivity contribution < 1.29 is 8.42 Å². The van der Waals surface area contributed by atoms with Gasteiger partial charge in [0.05, 0.1) is 5.25 Å². The Kier molecular flexibility index (Phi) is 4.88. The van der Waals surface area contributed by atoms with Crippen LogP contribution in [0, 0.1) is 0 Å². The zero-order valence-corrected chi connectivity index (χ0v) is 9.94. The fraction of sp³-hybridized carbons (Fsp3) is 1.00. The molecule has 0 rings (SSSR count). The lowest BCUT2D eigenvalue weighted by Crippen LogP contribution is -2.34. The molecule has 0 aliphatic carbocycles. The van der Waals surface area contributed by atoms with Crippen molar-refractivity contribution in [3.63, 3.8) is 0 Å². The van der Waals surface area contributed by atoms with Gasteiger partial charge >= 0.3 is 0 Å². The summed E-state index contributed by atoms with van der Waals surface area (Å²) >= 11 is 2.18.